The van der Waals surface area contributed by atoms with Gasteiger partial charge >= 0.3 is 0 Å². The van der Waals surface area contributed by atoms with Crippen LogP contribution in [0, 0.1) is 0 Å². The van der Waals surface area contributed by atoms with Crippen LogP contribution >= 0.6 is 11.6 Å². The number of hydrogen-bond acceptors (Lipinski definition) is 2. The summed E-state index contributed by atoms with van der Waals surface area (Å²) in [6.07, 6.45) is 0. The van der Waals surface area contributed by atoms with Crippen molar-refractivity contribution in [3.05, 3.63) is 34.9 Å². The summed E-state index contributed by atoms with van der Waals surface area (Å²) >= 11 is 6.15. The molecule has 0 saturated heterocycles. The van der Waals surface area contributed by atoms with E-state index in [1.807, 2.05) is 38.4 Å². The molecule has 0 unspecified atom stereocenters. The number of hydrogen-bond donors (Lipinski definition) is 1. The van der Waals surface area contributed by atoms with Gasteiger partial charge in [-0.15, -0.1) is 0 Å². The van der Waals surface area contributed by atoms with Crippen LogP contribution in [0.4, 0.5) is 0 Å². The second-order valence-corrected chi connectivity index (χ2v) is 4.26. The smallest absolute Gasteiger partial charge is 0.0564 e. The summed E-state index contributed by atoms with van der Waals surface area (Å²) < 4.78 is 0. The van der Waals surface area contributed by atoms with E-state index < -0.39 is 0 Å². The predicted octanol–water partition coefficient (Wildman–Crippen LogP) is 2.08. The molecule has 0 fully saturated rings. The van der Waals surface area contributed by atoms with Crippen molar-refractivity contribution in [2.75, 3.05) is 20.6 Å². The van der Waals surface area contributed by atoms with Gasteiger partial charge < -0.3 is 5.73 Å². The van der Waals surface area contributed by atoms with E-state index in [4.69, 9.17) is 17.3 Å². The zero-order valence-corrected chi connectivity index (χ0v) is 9.67. The number of halogens is 1. The molecule has 78 valence electrons. The molecule has 0 aliphatic rings. The van der Waals surface area contributed by atoms with Crippen molar-refractivity contribution >= 4 is 11.6 Å². The van der Waals surface area contributed by atoms with E-state index in [1.54, 1.807) is 0 Å². The Morgan fingerprint density at radius 2 is 1.93 bits per heavy atom. The molecule has 2 N–H and O–H groups in total. The third kappa shape index (κ3) is 1.92. The first-order valence-corrected chi connectivity index (χ1v) is 5.02. The normalized spacial score (nSPS) is 15.6. The molecule has 0 radical (unpaired) electrons. The maximum atomic E-state index is 6.15. The zero-order valence-electron chi connectivity index (χ0n) is 8.92. The standard InChI is InChI=1S/C11H17ClN2/c1-11(8-13,14(2)3)9-6-4-5-7-10(9)12/h4-7H,8,13H2,1-3H3/t11-/m0/s1. The van der Waals surface area contributed by atoms with E-state index in [0.29, 0.717) is 6.54 Å². The maximum Gasteiger partial charge on any atom is 0.0564 e. The molecule has 0 aromatic heterocycles. The second kappa shape index (κ2) is 4.30. The molecule has 3 heteroatoms. The van der Waals surface area contributed by atoms with Crippen molar-refractivity contribution < 1.29 is 0 Å². The van der Waals surface area contributed by atoms with Gasteiger partial charge in [0.05, 0.1) is 5.54 Å². The molecule has 2 nitrogen and oxygen atoms in total. The van der Waals surface area contributed by atoms with Crippen molar-refractivity contribution in [2.45, 2.75) is 12.5 Å². The molecule has 0 spiro atoms. The minimum Gasteiger partial charge on any atom is -0.328 e. The molecule has 14 heavy (non-hydrogen) atoms. The van der Waals surface area contributed by atoms with Crippen LogP contribution in [0.15, 0.2) is 24.3 Å². The van der Waals surface area contributed by atoms with Crippen LogP contribution in [0.2, 0.25) is 5.02 Å². The van der Waals surface area contributed by atoms with Gasteiger partial charge in [0.1, 0.15) is 0 Å². The molecule has 1 rings (SSSR count). The zero-order chi connectivity index (χ0) is 10.8. The Morgan fingerprint density at radius 3 is 2.36 bits per heavy atom. The molecule has 0 saturated carbocycles. The Kier molecular flexibility index (Phi) is 3.53. The molecular weight excluding hydrogens is 196 g/mol. The Hall–Kier alpha value is -0.570. The summed E-state index contributed by atoms with van der Waals surface area (Å²) in [6.45, 7) is 2.64. The average molecular weight is 213 g/mol. The lowest BCUT2D eigenvalue weighted by Gasteiger charge is -2.36. The quantitative estimate of drug-likeness (QED) is 0.832. The van der Waals surface area contributed by atoms with Gasteiger partial charge in [0.2, 0.25) is 0 Å². The fourth-order valence-corrected chi connectivity index (χ4v) is 1.77. The van der Waals surface area contributed by atoms with E-state index >= 15 is 0 Å². The number of nitrogens with two attached hydrogens (primary N) is 1. The number of rotatable bonds is 3. The topological polar surface area (TPSA) is 29.3 Å². The highest BCUT2D eigenvalue weighted by molar-refractivity contribution is 6.31. The minimum absolute atomic E-state index is 0.196. The number of nitrogens with zero attached hydrogens (tertiary/aromatic N) is 1. The number of likely N-dealkylation sites (N-methyl/N-ethyl adjacent to an activating group) is 1. The predicted molar refractivity (Wildman–Crippen MR) is 61.5 cm³/mol. The summed E-state index contributed by atoms with van der Waals surface area (Å²) in [5, 5.41) is 0.772. The van der Waals surface area contributed by atoms with Crippen LogP contribution in [-0.4, -0.2) is 25.5 Å². The lowest BCUT2D eigenvalue weighted by molar-refractivity contribution is 0.183. The highest BCUT2D eigenvalue weighted by Crippen LogP contribution is 2.30. The van der Waals surface area contributed by atoms with Crippen molar-refractivity contribution in [1.82, 2.24) is 4.90 Å². The first-order chi connectivity index (χ1) is 6.52. The summed E-state index contributed by atoms with van der Waals surface area (Å²) in [6, 6.07) is 7.83. The lowest BCUT2D eigenvalue weighted by Crippen LogP contribution is -2.45. The van der Waals surface area contributed by atoms with Crippen molar-refractivity contribution in [3.63, 3.8) is 0 Å². The average Bonchev–Trinajstić information content (AvgIpc) is 2.17. The monoisotopic (exact) mass is 212 g/mol. The van der Waals surface area contributed by atoms with Gasteiger partial charge in [-0.2, -0.15) is 0 Å². The minimum atomic E-state index is -0.196. The summed E-state index contributed by atoms with van der Waals surface area (Å²) in [7, 11) is 4.02. The molecular formula is C11H17ClN2. The summed E-state index contributed by atoms with van der Waals surface area (Å²) in [5.74, 6) is 0. The van der Waals surface area contributed by atoms with Crippen LogP contribution in [0.3, 0.4) is 0 Å². The van der Waals surface area contributed by atoms with E-state index in [-0.39, 0.29) is 5.54 Å². The van der Waals surface area contributed by atoms with Gasteiger partial charge in [0.15, 0.2) is 0 Å². The molecule has 0 heterocycles. The van der Waals surface area contributed by atoms with Crippen molar-refractivity contribution in [1.29, 1.82) is 0 Å². The van der Waals surface area contributed by atoms with E-state index in [2.05, 4.69) is 11.8 Å². The molecule has 0 aliphatic carbocycles. The Labute approximate surface area is 90.7 Å². The largest absolute Gasteiger partial charge is 0.328 e. The van der Waals surface area contributed by atoms with Crippen LogP contribution in [0.1, 0.15) is 12.5 Å². The molecule has 0 aliphatic heterocycles. The number of benzene rings is 1. The maximum absolute atomic E-state index is 6.15. The Morgan fingerprint density at radius 1 is 1.36 bits per heavy atom. The van der Waals surface area contributed by atoms with Crippen LogP contribution in [-0.2, 0) is 5.54 Å². The van der Waals surface area contributed by atoms with Gasteiger partial charge in [0, 0.05) is 11.6 Å². The highest BCUT2D eigenvalue weighted by Gasteiger charge is 2.29. The van der Waals surface area contributed by atoms with Crippen molar-refractivity contribution in [2.24, 2.45) is 5.73 Å². The molecule has 1 atom stereocenters. The van der Waals surface area contributed by atoms with E-state index in [1.165, 1.54) is 0 Å². The van der Waals surface area contributed by atoms with Gasteiger partial charge in [-0.1, -0.05) is 29.8 Å². The van der Waals surface area contributed by atoms with E-state index in [0.717, 1.165) is 10.6 Å². The summed E-state index contributed by atoms with van der Waals surface area (Å²) in [5.41, 5.74) is 6.69. The second-order valence-electron chi connectivity index (χ2n) is 3.85. The van der Waals surface area contributed by atoms with Gasteiger partial charge in [-0.25, -0.2) is 0 Å². The fraction of sp³-hybridized carbons (Fsp3) is 0.455. The molecule has 1 aromatic rings. The third-order valence-corrected chi connectivity index (χ3v) is 3.17. The first-order valence-electron chi connectivity index (χ1n) is 4.65. The highest BCUT2D eigenvalue weighted by atomic mass is 35.5. The molecule has 0 amide bonds. The first kappa shape index (κ1) is 11.5. The van der Waals surface area contributed by atoms with Crippen LogP contribution in [0.25, 0.3) is 0 Å². The molecule has 1 aromatic carbocycles. The van der Waals surface area contributed by atoms with Crippen LogP contribution < -0.4 is 5.73 Å². The SMILES string of the molecule is CN(C)[C@@](C)(CN)c1ccccc1Cl. The van der Waals surface area contributed by atoms with Gasteiger partial charge in [-0.3, -0.25) is 4.90 Å². The van der Waals surface area contributed by atoms with Crippen molar-refractivity contribution in [3.8, 4) is 0 Å². The third-order valence-electron chi connectivity index (χ3n) is 2.84. The van der Waals surface area contributed by atoms with Crippen LogP contribution in [0.5, 0.6) is 0 Å². The van der Waals surface area contributed by atoms with Gasteiger partial charge in [0.25, 0.3) is 0 Å². The summed E-state index contributed by atoms with van der Waals surface area (Å²) in [4.78, 5) is 2.09. The molecule has 0 bridgehead atoms. The van der Waals surface area contributed by atoms with Gasteiger partial charge in [-0.05, 0) is 32.6 Å². The van der Waals surface area contributed by atoms with E-state index in [9.17, 15) is 0 Å². The fourth-order valence-electron chi connectivity index (χ4n) is 1.43. The Balaban J connectivity index is 3.19. The Bertz CT molecular complexity index is 312. The lowest BCUT2D eigenvalue weighted by atomic mass is 9.91.